The number of para-hydroxylation sites is 1. The van der Waals surface area contributed by atoms with Crippen molar-refractivity contribution in [1.29, 1.82) is 0 Å². The first kappa shape index (κ1) is 40.4. The van der Waals surface area contributed by atoms with Gasteiger partial charge in [-0.2, -0.15) is 0 Å². The molecule has 1 saturated heterocycles. The Kier molecular flexibility index (Phi) is 12.8. The van der Waals surface area contributed by atoms with Gasteiger partial charge in [-0.15, -0.1) is 30.6 Å². The molecule has 0 amide bonds. The van der Waals surface area contributed by atoms with Crippen molar-refractivity contribution in [3.05, 3.63) is 201 Å². The molecule has 5 aromatic carbocycles. The molecular weight excluding hydrogens is 795 g/mol. The molecule has 286 valence electrons. The monoisotopic (exact) mass is 844 g/mol. The van der Waals surface area contributed by atoms with E-state index in [9.17, 15) is 4.79 Å². The average Bonchev–Trinajstić information content (AvgIpc) is 3.73. The van der Waals surface area contributed by atoms with Gasteiger partial charge in [0.1, 0.15) is 0 Å². The van der Waals surface area contributed by atoms with Crippen LogP contribution in [0.3, 0.4) is 0 Å². The summed E-state index contributed by atoms with van der Waals surface area (Å²) in [6.07, 6.45) is 12.0. The third kappa shape index (κ3) is 8.60. The molecule has 3 aliphatic rings. The Morgan fingerprint density at radius 2 is 1.20 bits per heavy atom. The number of anilines is 3. The van der Waals surface area contributed by atoms with Gasteiger partial charge in [0.25, 0.3) is 0 Å². The van der Waals surface area contributed by atoms with Gasteiger partial charge in [-0.1, -0.05) is 36.0 Å². The second-order valence-electron chi connectivity index (χ2n) is 14.5. The van der Waals surface area contributed by atoms with Gasteiger partial charge < -0.3 is 10.1 Å². The summed E-state index contributed by atoms with van der Waals surface area (Å²) in [5.74, 6) is -0.0245. The van der Waals surface area contributed by atoms with Crippen molar-refractivity contribution in [2.24, 2.45) is 0 Å². The number of rotatable bonds is 5. The fraction of sp³-hybridized carbons (Fsp3) is 0.180. The van der Waals surface area contributed by atoms with Crippen molar-refractivity contribution in [2.45, 2.75) is 48.5 Å². The standard InChI is InChI=1S/C21H26N2.C15H10.C14H12NO.ClH.Ru/c1-14-9-16(3)20(17(4)10-14)22-7-8-23(13-22)21-18(5)11-15(2)12-19(21)6;1-2-6-12(7-3-1)15-11-10-13-8-4-5-9-14(13)15;1-11-6-2-4-8-13(11)15-10-12-7-3-5-9-14(12)16;;/h9-12H,7-8H2,1-6H3;1-9,11H;2-6,8-10,15H,1H3;1H;/q;;-1;;/b;;12-10+;;. The number of nitrogens with zero attached hydrogens (tertiary/aromatic N) is 2. The number of fused-ring (bicyclic) bond motifs is 1. The number of hydrogen-bond donors (Lipinski definition) is 1. The summed E-state index contributed by atoms with van der Waals surface area (Å²) in [7, 11) is 0. The van der Waals surface area contributed by atoms with Gasteiger partial charge >= 0.3 is 241 Å². The number of hydrogen-bond acceptors (Lipinski definition) is 4. The molecule has 0 radical (unpaired) electrons. The van der Waals surface area contributed by atoms with Crippen molar-refractivity contribution in [2.75, 3.05) is 28.2 Å². The summed E-state index contributed by atoms with van der Waals surface area (Å²) in [4.78, 5) is 16.7. The number of aryl methyl sites for hydroxylation is 7. The molecule has 0 aromatic heterocycles. The van der Waals surface area contributed by atoms with E-state index in [4.69, 9.17) is 0 Å². The Morgan fingerprint density at radius 1 is 0.661 bits per heavy atom. The Labute approximate surface area is 346 Å². The van der Waals surface area contributed by atoms with Crippen LogP contribution in [0.1, 0.15) is 55.6 Å². The van der Waals surface area contributed by atoms with E-state index >= 15 is 0 Å². The van der Waals surface area contributed by atoms with Crippen LogP contribution in [-0.2, 0) is 21.0 Å². The van der Waals surface area contributed by atoms with Crippen molar-refractivity contribution in [1.82, 2.24) is 0 Å². The van der Waals surface area contributed by atoms with Gasteiger partial charge in [-0.05, 0) is 18.6 Å². The Balaban J connectivity index is 0.000000263. The summed E-state index contributed by atoms with van der Waals surface area (Å²) >= 11 is -0.233. The van der Waals surface area contributed by atoms with Crippen molar-refractivity contribution in [3.8, 4) is 0 Å². The van der Waals surface area contributed by atoms with E-state index in [1.807, 2.05) is 31.2 Å². The number of nitrogens with one attached hydrogen (secondary N) is 1. The number of carbonyl (C=O) groups is 1. The van der Waals surface area contributed by atoms with E-state index in [0.717, 1.165) is 24.3 Å². The topological polar surface area (TPSA) is 35.6 Å². The van der Waals surface area contributed by atoms with E-state index < -0.39 is 0 Å². The number of carbonyl (C=O) groups excluding carboxylic acids is 1. The molecule has 1 aliphatic heterocycles. The summed E-state index contributed by atoms with van der Waals surface area (Å²) in [6.45, 7) is 17.5. The fourth-order valence-electron chi connectivity index (χ4n) is 7.87. The number of ketones is 1. The van der Waals surface area contributed by atoms with Crippen LogP contribution >= 0.6 is 12.4 Å². The molecule has 1 N–H and O–H groups in total. The summed E-state index contributed by atoms with van der Waals surface area (Å²) in [5, 5.41) is 3.11. The van der Waals surface area contributed by atoms with E-state index in [2.05, 4.69) is 148 Å². The van der Waals surface area contributed by atoms with Gasteiger partial charge in [0.05, 0.1) is 5.78 Å². The zero-order valence-corrected chi connectivity index (χ0v) is 35.7. The quantitative estimate of drug-likeness (QED) is 0.109. The van der Waals surface area contributed by atoms with Crippen LogP contribution in [0.2, 0.25) is 0 Å². The smallest absolute Gasteiger partial charge is 0.0929 e. The van der Waals surface area contributed by atoms with E-state index in [1.165, 1.54) is 81.6 Å². The molecule has 1 fully saturated rings. The van der Waals surface area contributed by atoms with E-state index in [-0.39, 0.29) is 34.4 Å². The molecular formula is C50H49ClN3ORu-. The maximum absolute atomic E-state index is 11.4. The second-order valence-corrected chi connectivity index (χ2v) is 16.6. The van der Waals surface area contributed by atoms with Crippen LogP contribution in [0.4, 0.5) is 17.1 Å². The van der Waals surface area contributed by atoms with Crippen LogP contribution in [0.15, 0.2) is 139 Å². The molecule has 6 heteroatoms. The van der Waals surface area contributed by atoms with Gasteiger partial charge in [0, 0.05) is 5.69 Å². The summed E-state index contributed by atoms with van der Waals surface area (Å²) < 4.78 is 2.94. The Morgan fingerprint density at radius 3 is 1.77 bits per heavy atom. The molecule has 8 rings (SSSR count). The molecule has 1 heterocycles. The average molecular weight is 844 g/mol. The molecule has 0 bridgehead atoms. The second kappa shape index (κ2) is 17.7. The minimum atomic E-state index is -0.233. The van der Waals surface area contributed by atoms with Crippen LogP contribution < -0.4 is 15.1 Å². The predicted octanol–water partition coefficient (Wildman–Crippen LogP) is 10.9. The molecule has 2 aliphatic carbocycles. The number of benzene rings is 5. The molecule has 0 atom stereocenters. The minimum absolute atomic E-state index is 0. The van der Waals surface area contributed by atoms with Crippen LogP contribution in [0, 0.1) is 54.5 Å². The van der Waals surface area contributed by atoms with E-state index in [1.54, 1.807) is 18.4 Å². The van der Waals surface area contributed by atoms with Gasteiger partial charge in [0.2, 0.25) is 0 Å². The molecule has 0 spiro atoms. The maximum Gasteiger partial charge on any atom is 0.0929 e. The fourth-order valence-corrected chi connectivity index (χ4v) is 10.5. The largest absolute Gasteiger partial charge is 0.401 e. The third-order valence-electron chi connectivity index (χ3n) is 10.1. The van der Waals surface area contributed by atoms with E-state index in [0.29, 0.717) is 5.57 Å². The molecule has 4 nitrogen and oxygen atoms in total. The normalized spacial score (nSPS) is 15.1. The van der Waals surface area contributed by atoms with Gasteiger partial charge in [0.15, 0.2) is 0 Å². The predicted molar refractivity (Wildman–Crippen MR) is 237 cm³/mol. The Bertz CT molecular complexity index is 2390. The molecule has 0 unspecified atom stereocenters. The third-order valence-corrected chi connectivity index (χ3v) is 12.7. The summed E-state index contributed by atoms with van der Waals surface area (Å²) in [5.41, 5.74) is 19.0. The number of halogens is 1. The first-order chi connectivity index (χ1) is 26.6. The Hall–Kier alpha value is -5.22. The van der Waals surface area contributed by atoms with Gasteiger partial charge in [-0.3, -0.25) is 0 Å². The molecule has 56 heavy (non-hydrogen) atoms. The van der Waals surface area contributed by atoms with Crippen LogP contribution in [0.25, 0.3) is 5.57 Å². The first-order valence-corrected chi connectivity index (χ1v) is 20.6. The van der Waals surface area contributed by atoms with Crippen LogP contribution in [0.5, 0.6) is 0 Å². The maximum atomic E-state index is 11.4. The molecule has 5 aromatic rings. The van der Waals surface area contributed by atoms with Crippen molar-refractivity contribution < 1.29 is 21.0 Å². The zero-order chi connectivity index (χ0) is 38.6. The van der Waals surface area contributed by atoms with Gasteiger partial charge in [-0.25, -0.2) is 0 Å². The minimum Gasteiger partial charge on any atom is -0.401 e. The van der Waals surface area contributed by atoms with Crippen LogP contribution in [-0.4, -0.2) is 27.3 Å². The number of allylic oxidation sites excluding steroid dienone is 6. The first-order valence-electron chi connectivity index (χ1n) is 18.9. The van der Waals surface area contributed by atoms with Crippen molar-refractivity contribution in [3.63, 3.8) is 0 Å². The molecule has 0 saturated carbocycles. The summed E-state index contributed by atoms with van der Waals surface area (Å²) in [6, 6.07) is 37.1. The SMILES string of the molecule is Cc1cc(C)c(N2CCN(c3c(C)cc(C)cc3C)[C]2=[Ru]=[C]2C=C(c3ccccc3)c3ccccc32)c(C)c1.Cc1ccccc1N/C=C1\[C-]=CC=CC1=O.Cl. The zero-order valence-electron chi connectivity index (χ0n) is 33.2. The van der Waals surface area contributed by atoms with Crippen molar-refractivity contribution >= 4 is 49.3 Å².